The van der Waals surface area contributed by atoms with E-state index in [1.54, 1.807) is 38.9 Å². The first-order valence-corrected chi connectivity index (χ1v) is 12.1. The van der Waals surface area contributed by atoms with E-state index in [2.05, 4.69) is 20.7 Å². The molecule has 188 valence electrons. The third-order valence-electron chi connectivity index (χ3n) is 5.94. The van der Waals surface area contributed by atoms with Crippen LogP contribution in [0, 0.1) is 5.92 Å². The van der Waals surface area contributed by atoms with Crippen molar-refractivity contribution in [1.29, 1.82) is 0 Å². The number of nitrogens with one attached hydrogen (secondary N) is 2. The number of carbonyl (C=O) groups is 2. The number of anilines is 3. The van der Waals surface area contributed by atoms with E-state index in [0.717, 1.165) is 16.8 Å². The lowest BCUT2D eigenvalue weighted by molar-refractivity contribution is -0.111. The predicted molar refractivity (Wildman–Crippen MR) is 145 cm³/mol. The lowest BCUT2D eigenvalue weighted by Crippen LogP contribution is -2.58. The highest BCUT2D eigenvalue weighted by molar-refractivity contribution is 6.27. The molecule has 2 aliphatic rings. The number of rotatable bonds is 6. The zero-order chi connectivity index (χ0) is 25.8. The van der Waals surface area contributed by atoms with Crippen LogP contribution < -0.4 is 15.5 Å². The van der Waals surface area contributed by atoms with Gasteiger partial charge < -0.3 is 15.5 Å². The average Bonchev–Trinajstić information content (AvgIpc) is 3.30. The lowest BCUT2D eigenvalue weighted by Gasteiger charge is -2.41. The molecule has 3 aromatic rings. The minimum Gasteiger partial charge on any atom is -0.322 e. The van der Waals surface area contributed by atoms with Crippen LogP contribution in [0.4, 0.5) is 21.9 Å². The van der Waals surface area contributed by atoms with E-state index in [4.69, 9.17) is 16.6 Å². The summed E-state index contributed by atoms with van der Waals surface area (Å²) in [5, 5.41) is 10.1. The minimum atomic E-state index is -0.370. The van der Waals surface area contributed by atoms with Crippen molar-refractivity contribution in [2.75, 3.05) is 28.6 Å². The second kappa shape index (κ2) is 10.7. The fourth-order valence-corrected chi connectivity index (χ4v) is 4.41. The number of nitrogens with zero attached hydrogens (tertiary/aromatic N) is 6. The van der Waals surface area contributed by atoms with Gasteiger partial charge in [-0.1, -0.05) is 48.0 Å². The Balaban J connectivity index is 1.48. The molecule has 1 atom stereocenters. The summed E-state index contributed by atoms with van der Waals surface area (Å²) in [7, 11) is 1.83. The fraction of sp³-hybridized carbons (Fsp3) is 0.192. The van der Waals surface area contributed by atoms with Gasteiger partial charge in [-0.05, 0) is 23.8 Å². The summed E-state index contributed by atoms with van der Waals surface area (Å²) >= 11 is 5.53. The van der Waals surface area contributed by atoms with E-state index in [0.29, 0.717) is 42.8 Å². The van der Waals surface area contributed by atoms with Gasteiger partial charge in [0.1, 0.15) is 5.84 Å². The molecule has 1 saturated heterocycles. The molecule has 0 spiro atoms. The van der Waals surface area contributed by atoms with E-state index in [1.807, 2.05) is 49.6 Å². The largest absolute Gasteiger partial charge is 0.330 e. The lowest BCUT2D eigenvalue weighted by atomic mass is 10.0. The van der Waals surface area contributed by atoms with Gasteiger partial charge in [0.2, 0.25) is 11.9 Å². The van der Waals surface area contributed by atoms with Crippen LogP contribution in [0.1, 0.15) is 5.56 Å². The number of guanidine groups is 1. The molecule has 0 bridgehead atoms. The highest BCUT2D eigenvalue weighted by Crippen LogP contribution is 2.30. The predicted octanol–water partition coefficient (Wildman–Crippen LogP) is 4.05. The van der Waals surface area contributed by atoms with Gasteiger partial charge in [-0.25, -0.2) is 9.69 Å². The number of hydrogen-bond acceptors (Lipinski definition) is 6. The standard InChI is InChI=1S/C26H25ClN8O2/c1-33-17-21(14-29-33)31-25-28-13-19-16-34(15-18-6-3-2-4-7-18)26(37)35(24(19)32-25)22-9-5-8-20(12-22)30-23(36)10-11-27/h2-12,14,17,19H,13,15-16H2,1H3,(H,28,31)(H,30,36)/b11-10+. The van der Waals surface area contributed by atoms with Crippen molar-refractivity contribution in [3.63, 3.8) is 0 Å². The number of amidine groups is 1. The van der Waals surface area contributed by atoms with Crippen LogP contribution in [0.2, 0.25) is 0 Å². The molecule has 0 aliphatic carbocycles. The zero-order valence-electron chi connectivity index (χ0n) is 20.1. The van der Waals surface area contributed by atoms with Crippen LogP contribution in [0.3, 0.4) is 0 Å². The summed E-state index contributed by atoms with van der Waals surface area (Å²) < 4.78 is 1.68. The molecule has 1 fully saturated rings. The van der Waals surface area contributed by atoms with Crippen molar-refractivity contribution in [2.45, 2.75) is 6.54 Å². The number of urea groups is 1. The Morgan fingerprint density at radius 2 is 2.00 bits per heavy atom. The van der Waals surface area contributed by atoms with Crippen LogP contribution in [-0.2, 0) is 18.4 Å². The Hall–Kier alpha value is -4.44. The second-order valence-electron chi connectivity index (χ2n) is 8.68. The first kappa shape index (κ1) is 24.3. The molecule has 37 heavy (non-hydrogen) atoms. The van der Waals surface area contributed by atoms with E-state index in [-0.39, 0.29) is 17.9 Å². The molecule has 10 nitrogen and oxygen atoms in total. The van der Waals surface area contributed by atoms with Gasteiger partial charge in [0.15, 0.2) is 0 Å². The Morgan fingerprint density at radius 1 is 1.16 bits per heavy atom. The van der Waals surface area contributed by atoms with Crippen molar-refractivity contribution < 1.29 is 9.59 Å². The maximum absolute atomic E-state index is 13.9. The normalized spacial score (nSPS) is 17.4. The number of carbonyl (C=O) groups excluding carboxylic acids is 2. The smallest absolute Gasteiger partial charge is 0.322 e. The highest BCUT2D eigenvalue weighted by Gasteiger charge is 2.40. The van der Waals surface area contributed by atoms with E-state index >= 15 is 0 Å². The quantitative estimate of drug-likeness (QED) is 0.482. The topological polar surface area (TPSA) is 107 Å². The Bertz CT molecular complexity index is 1400. The molecule has 1 unspecified atom stereocenters. The molecule has 2 N–H and O–H groups in total. The molecule has 3 heterocycles. The van der Waals surface area contributed by atoms with Gasteiger partial charge in [0, 0.05) is 43.6 Å². The maximum atomic E-state index is 13.9. The number of aliphatic imine (C=N–C) groups is 2. The van der Waals surface area contributed by atoms with Crippen LogP contribution in [-0.4, -0.2) is 51.5 Å². The molecule has 2 aliphatic heterocycles. The Labute approximate surface area is 219 Å². The number of aromatic nitrogens is 2. The van der Waals surface area contributed by atoms with Crippen molar-refractivity contribution in [2.24, 2.45) is 23.0 Å². The van der Waals surface area contributed by atoms with Crippen molar-refractivity contribution >= 4 is 52.4 Å². The molecule has 5 rings (SSSR count). The summed E-state index contributed by atoms with van der Waals surface area (Å²) in [6, 6.07) is 16.7. The van der Waals surface area contributed by atoms with Crippen LogP contribution in [0.5, 0.6) is 0 Å². The van der Waals surface area contributed by atoms with Crippen LogP contribution in [0.25, 0.3) is 0 Å². The summed E-state index contributed by atoms with van der Waals surface area (Å²) in [5.41, 5.74) is 4.04. The zero-order valence-corrected chi connectivity index (χ0v) is 20.8. The van der Waals surface area contributed by atoms with Crippen molar-refractivity contribution in [3.8, 4) is 0 Å². The van der Waals surface area contributed by atoms with E-state index in [9.17, 15) is 9.59 Å². The molecule has 3 amide bonds. The fourth-order valence-electron chi connectivity index (χ4n) is 4.29. The number of hydrogen-bond donors (Lipinski definition) is 2. The third-order valence-corrected chi connectivity index (χ3v) is 6.07. The molecule has 11 heteroatoms. The third kappa shape index (κ3) is 5.54. The molecular weight excluding hydrogens is 492 g/mol. The van der Waals surface area contributed by atoms with E-state index < -0.39 is 0 Å². The maximum Gasteiger partial charge on any atom is 0.330 e. The first-order chi connectivity index (χ1) is 18.0. The molecule has 0 radical (unpaired) electrons. The number of aryl methyl sites for hydroxylation is 1. The SMILES string of the molecule is Cn1cc(NC2=NCC3CN(Cc4ccccc4)C(=O)N(c4cccc(NC(=O)/C=C/Cl)c4)C3=N2)cn1. The molecule has 1 aromatic heterocycles. The monoisotopic (exact) mass is 516 g/mol. The van der Waals surface area contributed by atoms with Gasteiger partial charge in [-0.3, -0.25) is 14.5 Å². The average molecular weight is 517 g/mol. The van der Waals surface area contributed by atoms with E-state index in [1.165, 1.54) is 6.08 Å². The number of amides is 3. The van der Waals surface area contributed by atoms with Crippen molar-refractivity contribution in [3.05, 3.63) is 84.2 Å². The number of benzene rings is 2. The minimum absolute atomic E-state index is 0.0988. The van der Waals surface area contributed by atoms with Crippen molar-refractivity contribution in [1.82, 2.24) is 14.7 Å². The number of fused-ring (bicyclic) bond motifs is 1. The summed E-state index contributed by atoms with van der Waals surface area (Å²) in [4.78, 5) is 38.7. The Morgan fingerprint density at radius 3 is 2.76 bits per heavy atom. The summed E-state index contributed by atoms with van der Waals surface area (Å²) in [6.07, 6.45) is 4.72. The van der Waals surface area contributed by atoms with Gasteiger partial charge in [-0.15, -0.1) is 0 Å². The highest BCUT2D eigenvalue weighted by atomic mass is 35.5. The van der Waals surface area contributed by atoms with Gasteiger partial charge in [0.25, 0.3) is 0 Å². The molecular formula is C26H25ClN8O2. The van der Waals surface area contributed by atoms with Crippen LogP contribution in [0.15, 0.2) is 88.6 Å². The summed E-state index contributed by atoms with van der Waals surface area (Å²) in [5.74, 6) is 0.536. The second-order valence-corrected chi connectivity index (χ2v) is 8.93. The van der Waals surface area contributed by atoms with Gasteiger partial charge >= 0.3 is 6.03 Å². The first-order valence-electron chi connectivity index (χ1n) is 11.7. The van der Waals surface area contributed by atoms with Gasteiger partial charge in [-0.2, -0.15) is 10.1 Å². The molecule has 2 aromatic carbocycles. The van der Waals surface area contributed by atoms with Crippen LogP contribution >= 0.6 is 11.6 Å². The Kier molecular flexibility index (Phi) is 7.00. The summed E-state index contributed by atoms with van der Waals surface area (Å²) in [6.45, 7) is 1.42. The van der Waals surface area contributed by atoms with Gasteiger partial charge in [0.05, 0.1) is 30.0 Å². The number of halogens is 1. The molecule has 0 saturated carbocycles.